The lowest BCUT2D eigenvalue weighted by molar-refractivity contribution is -0.122. The van der Waals surface area contributed by atoms with E-state index >= 15 is 0 Å². The number of rotatable bonds is 4. The highest BCUT2D eigenvalue weighted by Gasteiger charge is 2.17. The highest BCUT2D eigenvalue weighted by Crippen LogP contribution is 2.32. The highest BCUT2D eigenvalue weighted by molar-refractivity contribution is 6.31. The second kappa shape index (κ2) is 7.66. The van der Waals surface area contributed by atoms with Crippen molar-refractivity contribution in [2.75, 3.05) is 18.5 Å². The third-order valence-electron chi connectivity index (χ3n) is 3.83. The summed E-state index contributed by atoms with van der Waals surface area (Å²) >= 11 is 6.00. The molecule has 3 rings (SSSR count). The van der Waals surface area contributed by atoms with Crippen molar-refractivity contribution in [3.8, 4) is 17.2 Å². The highest BCUT2D eigenvalue weighted by atomic mass is 35.5. The predicted octanol–water partition coefficient (Wildman–Crippen LogP) is 4.22. The van der Waals surface area contributed by atoms with Crippen LogP contribution < -0.4 is 19.5 Å². The van der Waals surface area contributed by atoms with Gasteiger partial charge in [-0.05, 0) is 49.7 Å². The van der Waals surface area contributed by atoms with E-state index in [2.05, 4.69) is 5.32 Å². The summed E-state index contributed by atoms with van der Waals surface area (Å²) < 4.78 is 16.9. The van der Waals surface area contributed by atoms with Gasteiger partial charge in [0, 0.05) is 23.2 Å². The van der Waals surface area contributed by atoms with E-state index in [0.717, 1.165) is 12.0 Å². The summed E-state index contributed by atoms with van der Waals surface area (Å²) in [6.07, 6.45) is 0.179. The van der Waals surface area contributed by atoms with Crippen LogP contribution in [0.25, 0.3) is 0 Å². The number of carbonyl (C=O) groups excluding carboxylic acids is 1. The molecule has 2 aromatic rings. The van der Waals surface area contributed by atoms with E-state index in [1.54, 1.807) is 43.3 Å². The number of fused-ring (bicyclic) bond motifs is 1. The number of hydrogen-bond donors (Lipinski definition) is 1. The average molecular weight is 362 g/mol. The minimum Gasteiger partial charge on any atom is -0.490 e. The van der Waals surface area contributed by atoms with Gasteiger partial charge in [0.15, 0.2) is 17.6 Å². The first-order chi connectivity index (χ1) is 12.0. The van der Waals surface area contributed by atoms with Crippen LogP contribution in [-0.4, -0.2) is 25.2 Å². The molecule has 1 aliphatic rings. The second-order valence-electron chi connectivity index (χ2n) is 5.87. The SMILES string of the molecule is Cc1cc(OC(C)C(=O)Nc2ccc3c(c2)OCCCO3)ccc1Cl. The van der Waals surface area contributed by atoms with Crippen molar-refractivity contribution in [3.63, 3.8) is 0 Å². The van der Waals surface area contributed by atoms with Gasteiger partial charge in [0.05, 0.1) is 13.2 Å². The van der Waals surface area contributed by atoms with Crippen LogP contribution in [0.3, 0.4) is 0 Å². The maximum Gasteiger partial charge on any atom is 0.265 e. The Morgan fingerprint density at radius 1 is 1.16 bits per heavy atom. The molecule has 1 unspecified atom stereocenters. The lowest BCUT2D eigenvalue weighted by Crippen LogP contribution is -2.30. The first kappa shape index (κ1) is 17.4. The molecule has 0 fully saturated rings. The molecule has 1 heterocycles. The molecular formula is C19H20ClNO4. The Labute approximate surface area is 151 Å². The quantitative estimate of drug-likeness (QED) is 0.886. The van der Waals surface area contributed by atoms with Crippen molar-refractivity contribution in [3.05, 3.63) is 47.0 Å². The van der Waals surface area contributed by atoms with Crippen LogP contribution in [0, 0.1) is 6.92 Å². The number of carbonyl (C=O) groups is 1. The minimum atomic E-state index is -0.656. The van der Waals surface area contributed by atoms with Crippen LogP contribution in [0.2, 0.25) is 5.02 Å². The summed E-state index contributed by atoms with van der Waals surface area (Å²) in [7, 11) is 0. The van der Waals surface area contributed by atoms with Gasteiger partial charge in [-0.3, -0.25) is 4.79 Å². The Balaban J connectivity index is 1.65. The molecule has 0 aromatic heterocycles. The molecule has 1 N–H and O–H groups in total. The van der Waals surface area contributed by atoms with E-state index in [4.69, 9.17) is 25.8 Å². The van der Waals surface area contributed by atoms with E-state index in [1.165, 1.54) is 0 Å². The summed E-state index contributed by atoms with van der Waals surface area (Å²) in [6.45, 7) is 4.81. The Kier molecular flexibility index (Phi) is 5.34. The lowest BCUT2D eigenvalue weighted by atomic mass is 10.2. The first-order valence-corrected chi connectivity index (χ1v) is 8.54. The third-order valence-corrected chi connectivity index (χ3v) is 4.25. The topological polar surface area (TPSA) is 56.8 Å². The standard InChI is InChI=1S/C19H20ClNO4/c1-12-10-15(5-6-16(12)20)25-13(2)19(22)21-14-4-7-17-18(11-14)24-9-3-8-23-17/h4-7,10-11,13H,3,8-9H2,1-2H3,(H,21,22). The molecule has 1 aliphatic heterocycles. The fraction of sp³-hybridized carbons (Fsp3) is 0.316. The third kappa shape index (κ3) is 4.37. The fourth-order valence-electron chi connectivity index (χ4n) is 2.43. The molecule has 0 spiro atoms. The molecule has 0 bridgehead atoms. The molecule has 2 aromatic carbocycles. The van der Waals surface area contributed by atoms with Gasteiger partial charge >= 0.3 is 0 Å². The van der Waals surface area contributed by atoms with Gasteiger partial charge in [-0.25, -0.2) is 0 Å². The lowest BCUT2D eigenvalue weighted by Gasteiger charge is -2.16. The van der Waals surface area contributed by atoms with Crippen LogP contribution in [0.1, 0.15) is 18.9 Å². The maximum atomic E-state index is 12.4. The van der Waals surface area contributed by atoms with Crippen LogP contribution in [0.15, 0.2) is 36.4 Å². The normalized spacial score (nSPS) is 14.4. The molecule has 6 heteroatoms. The molecule has 0 aliphatic carbocycles. The minimum absolute atomic E-state index is 0.248. The van der Waals surface area contributed by atoms with Crippen LogP contribution in [0.5, 0.6) is 17.2 Å². The molecule has 1 atom stereocenters. The number of nitrogens with one attached hydrogen (secondary N) is 1. The average Bonchev–Trinajstić information content (AvgIpc) is 2.83. The number of benzene rings is 2. The van der Waals surface area contributed by atoms with Crippen LogP contribution in [0.4, 0.5) is 5.69 Å². The van der Waals surface area contributed by atoms with Gasteiger partial charge in [0.25, 0.3) is 5.91 Å². The number of ether oxygens (including phenoxy) is 3. The smallest absolute Gasteiger partial charge is 0.265 e. The summed E-state index contributed by atoms with van der Waals surface area (Å²) in [5.41, 5.74) is 1.53. The maximum absolute atomic E-state index is 12.4. The predicted molar refractivity (Wildman–Crippen MR) is 97.0 cm³/mol. The number of halogens is 1. The van der Waals surface area contributed by atoms with E-state index in [1.807, 2.05) is 6.92 Å². The Morgan fingerprint density at radius 3 is 2.68 bits per heavy atom. The van der Waals surface area contributed by atoms with Crippen molar-refractivity contribution in [1.82, 2.24) is 0 Å². The molecule has 25 heavy (non-hydrogen) atoms. The number of anilines is 1. The molecule has 1 amide bonds. The summed E-state index contributed by atoms with van der Waals surface area (Å²) in [6, 6.07) is 10.6. The van der Waals surface area contributed by atoms with Crippen molar-refractivity contribution >= 4 is 23.2 Å². The van der Waals surface area contributed by atoms with E-state index < -0.39 is 6.10 Å². The molecule has 0 saturated heterocycles. The Hall–Kier alpha value is -2.40. The molecule has 0 saturated carbocycles. The van der Waals surface area contributed by atoms with Gasteiger partial charge < -0.3 is 19.5 Å². The van der Waals surface area contributed by atoms with E-state index in [-0.39, 0.29) is 5.91 Å². The monoisotopic (exact) mass is 361 g/mol. The molecular weight excluding hydrogens is 342 g/mol. The van der Waals surface area contributed by atoms with Gasteiger partial charge in [-0.2, -0.15) is 0 Å². The number of amides is 1. The van der Waals surface area contributed by atoms with Crippen molar-refractivity contribution in [2.45, 2.75) is 26.4 Å². The van der Waals surface area contributed by atoms with Crippen molar-refractivity contribution in [2.24, 2.45) is 0 Å². The summed E-state index contributed by atoms with van der Waals surface area (Å²) in [5.74, 6) is 1.68. The van der Waals surface area contributed by atoms with Crippen molar-refractivity contribution in [1.29, 1.82) is 0 Å². The molecule has 5 nitrogen and oxygen atoms in total. The van der Waals surface area contributed by atoms with Crippen LogP contribution >= 0.6 is 11.6 Å². The van der Waals surface area contributed by atoms with E-state index in [9.17, 15) is 4.79 Å². The van der Waals surface area contributed by atoms with E-state index in [0.29, 0.717) is 41.2 Å². The Bertz CT molecular complexity index is 778. The second-order valence-corrected chi connectivity index (χ2v) is 6.28. The Morgan fingerprint density at radius 2 is 1.92 bits per heavy atom. The summed E-state index contributed by atoms with van der Waals surface area (Å²) in [5, 5.41) is 3.50. The van der Waals surface area contributed by atoms with Crippen molar-refractivity contribution < 1.29 is 19.0 Å². The van der Waals surface area contributed by atoms with Crippen LogP contribution in [-0.2, 0) is 4.79 Å². The largest absolute Gasteiger partial charge is 0.490 e. The number of aryl methyl sites for hydroxylation is 1. The number of hydrogen-bond acceptors (Lipinski definition) is 4. The van der Waals surface area contributed by atoms with Gasteiger partial charge in [-0.1, -0.05) is 11.6 Å². The summed E-state index contributed by atoms with van der Waals surface area (Å²) in [4.78, 5) is 12.4. The van der Waals surface area contributed by atoms with Gasteiger partial charge in [0.1, 0.15) is 5.75 Å². The van der Waals surface area contributed by atoms with Gasteiger partial charge in [-0.15, -0.1) is 0 Å². The zero-order valence-corrected chi connectivity index (χ0v) is 14.9. The first-order valence-electron chi connectivity index (χ1n) is 8.16. The fourth-order valence-corrected chi connectivity index (χ4v) is 2.55. The molecule has 132 valence electrons. The molecule has 0 radical (unpaired) electrons. The zero-order chi connectivity index (χ0) is 17.8. The van der Waals surface area contributed by atoms with Gasteiger partial charge in [0.2, 0.25) is 0 Å². The zero-order valence-electron chi connectivity index (χ0n) is 14.2.